The van der Waals surface area contributed by atoms with Crippen molar-refractivity contribution < 1.29 is 9.50 Å². The van der Waals surface area contributed by atoms with E-state index in [2.05, 4.69) is 18.7 Å². The number of hydrogen-bond donors (Lipinski definition) is 1. The Labute approximate surface area is 120 Å². The summed E-state index contributed by atoms with van der Waals surface area (Å²) in [4.78, 5) is 2.26. The van der Waals surface area contributed by atoms with E-state index >= 15 is 0 Å². The monoisotopic (exact) mass is 277 g/mol. The second-order valence-corrected chi connectivity index (χ2v) is 6.75. The molecule has 1 aliphatic heterocycles. The van der Waals surface area contributed by atoms with Gasteiger partial charge in [0, 0.05) is 24.7 Å². The van der Waals surface area contributed by atoms with Gasteiger partial charge in [-0.3, -0.25) is 0 Å². The summed E-state index contributed by atoms with van der Waals surface area (Å²) in [6, 6.07) is 5.08. The van der Waals surface area contributed by atoms with Gasteiger partial charge in [-0.1, -0.05) is 19.9 Å². The molecule has 1 aromatic carbocycles. The van der Waals surface area contributed by atoms with Crippen LogP contribution < -0.4 is 4.90 Å². The molecule has 0 aromatic heterocycles. The average Bonchev–Trinajstić information content (AvgIpc) is 2.76. The first kappa shape index (κ1) is 13.9. The smallest absolute Gasteiger partial charge is 0.125 e. The van der Waals surface area contributed by atoms with Gasteiger partial charge >= 0.3 is 0 Å². The van der Waals surface area contributed by atoms with Crippen molar-refractivity contribution in [3.05, 3.63) is 29.6 Å². The molecule has 0 spiro atoms. The molecular formula is C17H24FNO. The molecule has 20 heavy (non-hydrogen) atoms. The Morgan fingerprint density at radius 3 is 2.85 bits per heavy atom. The fourth-order valence-corrected chi connectivity index (χ4v) is 4.04. The minimum Gasteiger partial charge on any atom is -0.393 e. The maximum absolute atomic E-state index is 13.4. The van der Waals surface area contributed by atoms with Crippen molar-refractivity contribution in [1.82, 2.24) is 0 Å². The SMILES string of the molecule is CC1CC(C)C(CN2CCc3ccc(F)cc32)C(O)C1. The van der Waals surface area contributed by atoms with Crippen molar-refractivity contribution in [2.75, 3.05) is 18.0 Å². The average molecular weight is 277 g/mol. The van der Waals surface area contributed by atoms with Crippen molar-refractivity contribution in [1.29, 1.82) is 0 Å². The highest BCUT2D eigenvalue weighted by atomic mass is 19.1. The van der Waals surface area contributed by atoms with E-state index in [0.717, 1.165) is 31.6 Å². The first-order chi connectivity index (χ1) is 9.54. The molecule has 3 heteroatoms. The summed E-state index contributed by atoms with van der Waals surface area (Å²) in [5, 5.41) is 10.4. The molecule has 1 heterocycles. The number of hydrogen-bond acceptors (Lipinski definition) is 2. The molecule has 0 bridgehead atoms. The summed E-state index contributed by atoms with van der Waals surface area (Å²) in [5.74, 6) is 1.29. The molecule has 2 nitrogen and oxygen atoms in total. The predicted octanol–water partition coefficient (Wildman–Crippen LogP) is 3.23. The lowest BCUT2D eigenvalue weighted by Crippen LogP contribution is -2.42. The third-order valence-electron chi connectivity index (χ3n) is 5.11. The van der Waals surface area contributed by atoms with Gasteiger partial charge in [-0.2, -0.15) is 0 Å². The van der Waals surface area contributed by atoms with Gasteiger partial charge in [0.2, 0.25) is 0 Å². The molecule has 2 aliphatic rings. The van der Waals surface area contributed by atoms with Gasteiger partial charge in [-0.05, 0) is 48.8 Å². The van der Waals surface area contributed by atoms with Gasteiger partial charge in [0.25, 0.3) is 0 Å². The minimum atomic E-state index is -0.216. The highest BCUT2D eigenvalue weighted by Gasteiger charge is 2.35. The van der Waals surface area contributed by atoms with Gasteiger partial charge in [0.1, 0.15) is 5.82 Å². The molecule has 4 atom stereocenters. The zero-order chi connectivity index (χ0) is 14.3. The zero-order valence-electron chi connectivity index (χ0n) is 12.3. The molecule has 1 fully saturated rings. The molecule has 1 N–H and O–H groups in total. The van der Waals surface area contributed by atoms with Crippen LogP contribution >= 0.6 is 0 Å². The van der Waals surface area contributed by atoms with E-state index in [4.69, 9.17) is 0 Å². The Morgan fingerprint density at radius 2 is 2.10 bits per heavy atom. The lowest BCUT2D eigenvalue weighted by atomic mass is 9.73. The van der Waals surface area contributed by atoms with Crippen molar-refractivity contribution >= 4 is 5.69 Å². The Hall–Kier alpha value is -1.09. The van der Waals surface area contributed by atoms with Gasteiger partial charge in [-0.25, -0.2) is 4.39 Å². The molecule has 1 aromatic rings. The van der Waals surface area contributed by atoms with E-state index in [0.29, 0.717) is 17.8 Å². The van der Waals surface area contributed by atoms with Crippen LogP contribution in [0.2, 0.25) is 0 Å². The largest absolute Gasteiger partial charge is 0.393 e. The van der Waals surface area contributed by atoms with Crippen LogP contribution in [-0.2, 0) is 6.42 Å². The lowest BCUT2D eigenvalue weighted by Gasteiger charge is -2.39. The fourth-order valence-electron chi connectivity index (χ4n) is 4.04. The first-order valence-corrected chi connectivity index (χ1v) is 7.76. The van der Waals surface area contributed by atoms with Crippen LogP contribution in [0.4, 0.5) is 10.1 Å². The molecule has 0 radical (unpaired) electrons. The number of aliphatic hydroxyl groups is 1. The van der Waals surface area contributed by atoms with Crippen LogP contribution in [-0.4, -0.2) is 24.3 Å². The Balaban J connectivity index is 1.75. The Morgan fingerprint density at radius 1 is 1.30 bits per heavy atom. The van der Waals surface area contributed by atoms with Gasteiger partial charge in [-0.15, -0.1) is 0 Å². The Kier molecular flexibility index (Phi) is 3.72. The molecule has 0 saturated heterocycles. The normalized spacial score (nSPS) is 33.3. The highest BCUT2D eigenvalue weighted by molar-refractivity contribution is 5.58. The number of aliphatic hydroxyl groups excluding tert-OH is 1. The summed E-state index contributed by atoms with van der Waals surface area (Å²) in [6.07, 6.45) is 2.86. The van der Waals surface area contributed by atoms with E-state index in [1.807, 2.05) is 6.07 Å². The number of rotatable bonds is 2. The third-order valence-corrected chi connectivity index (χ3v) is 5.11. The van der Waals surface area contributed by atoms with Crippen LogP contribution in [0.1, 0.15) is 32.3 Å². The van der Waals surface area contributed by atoms with Gasteiger partial charge in [0.15, 0.2) is 0 Å². The maximum atomic E-state index is 13.4. The summed E-state index contributed by atoms with van der Waals surface area (Å²) in [7, 11) is 0. The third kappa shape index (κ3) is 2.56. The number of nitrogens with zero attached hydrogens (tertiary/aromatic N) is 1. The number of benzene rings is 1. The summed E-state index contributed by atoms with van der Waals surface area (Å²) < 4.78 is 13.4. The van der Waals surface area contributed by atoms with E-state index < -0.39 is 0 Å². The minimum absolute atomic E-state index is 0.165. The number of halogens is 1. The van der Waals surface area contributed by atoms with Crippen molar-refractivity contribution in [3.63, 3.8) is 0 Å². The van der Waals surface area contributed by atoms with Crippen LogP contribution in [0, 0.1) is 23.6 Å². The maximum Gasteiger partial charge on any atom is 0.125 e. The molecule has 1 saturated carbocycles. The van der Waals surface area contributed by atoms with E-state index in [9.17, 15) is 9.50 Å². The van der Waals surface area contributed by atoms with Crippen molar-refractivity contribution in [2.45, 2.75) is 39.2 Å². The fraction of sp³-hybridized carbons (Fsp3) is 0.647. The second-order valence-electron chi connectivity index (χ2n) is 6.75. The molecule has 3 rings (SSSR count). The summed E-state index contributed by atoms with van der Waals surface area (Å²) in [5.41, 5.74) is 2.26. The second kappa shape index (κ2) is 5.36. The van der Waals surface area contributed by atoms with E-state index in [1.165, 1.54) is 12.0 Å². The van der Waals surface area contributed by atoms with Crippen molar-refractivity contribution in [2.24, 2.45) is 17.8 Å². The van der Waals surface area contributed by atoms with Crippen LogP contribution in [0.5, 0.6) is 0 Å². The Bertz CT molecular complexity index is 478. The quantitative estimate of drug-likeness (QED) is 0.897. The lowest BCUT2D eigenvalue weighted by molar-refractivity contribution is 0.0202. The van der Waals surface area contributed by atoms with Crippen molar-refractivity contribution in [3.8, 4) is 0 Å². The molecule has 1 aliphatic carbocycles. The standard InChI is InChI=1S/C17H24FNO/c1-11-7-12(2)15(17(20)8-11)10-19-6-5-13-3-4-14(18)9-16(13)19/h3-4,9,11-12,15,17,20H,5-8,10H2,1-2H3. The molecule has 110 valence electrons. The van der Waals surface area contributed by atoms with Gasteiger partial charge < -0.3 is 10.0 Å². The number of anilines is 1. The van der Waals surface area contributed by atoms with Crippen LogP contribution in [0.25, 0.3) is 0 Å². The highest BCUT2D eigenvalue weighted by Crippen LogP contribution is 2.37. The summed E-state index contributed by atoms with van der Waals surface area (Å²) in [6.45, 7) is 6.26. The first-order valence-electron chi connectivity index (χ1n) is 7.76. The van der Waals surface area contributed by atoms with Gasteiger partial charge in [0.05, 0.1) is 6.10 Å². The zero-order valence-corrected chi connectivity index (χ0v) is 12.3. The van der Waals surface area contributed by atoms with E-state index in [-0.39, 0.29) is 11.9 Å². The molecule has 0 amide bonds. The topological polar surface area (TPSA) is 23.5 Å². The van der Waals surface area contributed by atoms with Crippen LogP contribution in [0.15, 0.2) is 18.2 Å². The van der Waals surface area contributed by atoms with E-state index in [1.54, 1.807) is 12.1 Å². The van der Waals surface area contributed by atoms with Crippen LogP contribution in [0.3, 0.4) is 0 Å². The molecular weight excluding hydrogens is 253 g/mol. The predicted molar refractivity (Wildman–Crippen MR) is 79.4 cm³/mol. The number of fused-ring (bicyclic) bond motifs is 1. The summed E-state index contributed by atoms with van der Waals surface area (Å²) >= 11 is 0. The molecule has 4 unspecified atom stereocenters.